The standard InChI is InChI=1S/C20H23NO4/c1-5-25-20(23)16-7-6-8-17(14(16)3)21-19(22)12-15-9-10-18(24-4)13(2)11-15/h6-11H,5,12H2,1-4H3,(H,21,22). The molecule has 0 unspecified atom stereocenters. The number of esters is 1. The van der Waals surface area contributed by atoms with E-state index in [0.29, 0.717) is 23.4 Å². The molecule has 1 amide bonds. The van der Waals surface area contributed by atoms with Gasteiger partial charge in [0.05, 0.1) is 25.7 Å². The Morgan fingerprint density at radius 1 is 1.12 bits per heavy atom. The minimum Gasteiger partial charge on any atom is -0.496 e. The van der Waals surface area contributed by atoms with E-state index >= 15 is 0 Å². The fraction of sp³-hybridized carbons (Fsp3) is 0.300. The van der Waals surface area contributed by atoms with Crippen LogP contribution in [-0.4, -0.2) is 25.6 Å². The highest BCUT2D eigenvalue weighted by Gasteiger charge is 2.14. The largest absolute Gasteiger partial charge is 0.496 e. The number of benzene rings is 2. The van der Waals surface area contributed by atoms with Gasteiger partial charge in [-0.25, -0.2) is 4.79 Å². The van der Waals surface area contributed by atoms with Crippen molar-refractivity contribution >= 4 is 17.6 Å². The van der Waals surface area contributed by atoms with Crippen LogP contribution in [0.5, 0.6) is 5.75 Å². The lowest BCUT2D eigenvalue weighted by molar-refractivity contribution is -0.115. The van der Waals surface area contributed by atoms with E-state index in [1.165, 1.54) is 0 Å². The number of hydrogen-bond donors (Lipinski definition) is 1. The molecule has 0 aliphatic heterocycles. The highest BCUT2D eigenvalue weighted by Crippen LogP contribution is 2.21. The summed E-state index contributed by atoms with van der Waals surface area (Å²) in [6.45, 7) is 5.80. The Kier molecular flexibility index (Phi) is 6.17. The van der Waals surface area contributed by atoms with E-state index < -0.39 is 0 Å². The summed E-state index contributed by atoms with van der Waals surface area (Å²) in [7, 11) is 1.62. The van der Waals surface area contributed by atoms with E-state index in [1.807, 2.05) is 25.1 Å². The molecule has 2 rings (SSSR count). The summed E-state index contributed by atoms with van der Waals surface area (Å²) in [5.74, 6) is 0.262. The fourth-order valence-corrected chi connectivity index (χ4v) is 2.63. The molecule has 0 spiro atoms. The van der Waals surface area contributed by atoms with E-state index in [0.717, 1.165) is 16.9 Å². The molecule has 1 N–H and O–H groups in total. The van der Waals surface area contributed by atoms with Gasteiger partial charge in [0, 0.05) is 5.69 Å². The van der Waals surface area contributed by atoms with Crippen LogP contribution < -0.4 is 10.1 Å². The highest BCUT2D eigenvalue weighted by molar-refractivity contribution is 5.97. The van der Waals surface area contributed by atoms with Crippen molar-refractivity contribution in [1.82, 2.24) is 0 Å². The number of carbonyl (C=O) groups excluding carboxylic acids is 2. The fourth-order valence-electron chi connectivity index (χ4n) is 2.63. The third kappa shape index (κ3) is 4.59. The lowest BCUT2D eigenvalue weighted by Gasteiger charge is -2.12. The summed E-state index contributed by atoms with van der Waals surface area (Å²) < 4.78 is 10.3. The van der Waals surface area contributed by atoms with E-state index in [9.17, 15) is 9.59 Å². The zero-order chi connectivity index (χ0) is 18.4. The van der Waals surface area contributed by atoms with E-state index in [4.69, 9.17) is 9.47 Å². The number of rotatable bonds is 6. The number of aryl methyl sites for hydroxylation is 1. The van der Waals surface area contributed by atoms with Crippen LogP contribution >= 0.6 is 0 Å². The maximum absolute atomic E-state index is 12.3. The molecule has 0 atom stereocenters. The van der Waals surface area contributed by atoms with Crippen LogP contribution in [0.4, 0.5) is 5.69 Å². The van der Waals surface area contributed by atoms with Gasteiger partial charge in [0.25, 0.3) is 0 Å². The third-order valence-corrected chi connectivity index (χ3v) is 3.93. The van der Waals surface area contributed by atoms with Gasteiger partial charge in [-0.05, 0) is 55.7 Å². The summed E-state index contributed by atoms with van der Waals surface area (Å²) in [4.78, 5) is 24.3. The van der Waals surface area contributed by atoms with Crippen molar-refractivity contribution in [3.8, 4) is 5.75 Å². The van der Waals surface area contributed by atoms with Crippen LogP contribution in [0.15, 0.2) is 36.4 Å². The summed E-state index contributed by atoms with van der Waals surface area (Å²) in [5.41, 5.74) is 3.64. The number of methoxy groups -OCH3 is 1. The molecular weight excluding hydrogens is 318 g/mol. The molecule has 0 saturated heterocycles. The van der Waals surface area contributed by atoms with Crippen molar-refractivity contribution in [2.75, 3.05) is 19.0 Å². The smallest absolute Gasteiger partial charge is 0.338 e. The van der Waals surface area contributed by atoms with Crippen LogP contribution in [0.1, 0.15) is 34.0 Å². The van der Waals surface area contributed by atoms with E-state index in [1.54, 1.807) is 39.2 Å². The Labute approximate surface area is 148 Å². The molecule has 0 bridgehead atoms. The number of amides is 1. The SMILES string of the molecule is CCOC(=O)c1cccc(NC(=O)Cc2ccc(OC)c(C)c2)c1C. The first kappa shape index (κ1) is 18.5. The molecular formula is C20H23NO4. The van der Waals surface area contributed by atoms with E-state index in [-0.39, 0.29) is 18.3 Å². The van der Waals surface area contributed by atoms with Crippen LogP contribution in [0.3, 0.4) is 0 Å². The number of anilines is 1. The monoisotopic (exact) mass is 341 g/mol. The van der Waals surface area contributed by atoms with Crippen LogP contribution in [0.2, 0.25) is 0 Å². The van der Waals surface area contributed by atoms with Crippen LogP contribution in [0.25, 0.3) is 0 Å². The molecule has 2 aromatic carbocycles. The first-order valence-electron chi connectivity index (χ1n) is 8.16. The van der Waals surface area contributed by atoms with Crippen molar-refractivity contribution in [3.05, 3.63) is 58.7 Å². The zero-order valence-electron chi connectivity index (χ0n) is 15.0. The molecule has 5 heteroatoms. The summed E-state index contributed by atoms with van der Waals surface area (Å²) >= 11 is 0. The Morgan fingerprint density at radius 2 is 1.88 bits per heavy atom. The van der Waals surface area contributed by atoms with Gasteiger partial charge in [0.1, 0.15) is 5.75 Å². The van der Waals surface area contributed by atoms with Gasteiger partial charge < -0.3 is 14.8 Å². The van der Waals surface area contributed by atoms with Gasteiger partial charge in [0.2, 0.25) is 5.91 Å². The summed E-state index contributed by atoms with van der Waals surface area (Å²) in [6, 6.07) is 10.8. The minimum absolute atomic E-state index is 0.145. The Balaban J connectivity index is 2.11. The lowest BCUT2D eigenvalue weighted by Crippen LogP contribution is -2.16. The molecule has 0 aromatic heterocycles. The van der Waals surface area contributed by atoms with Gasteiger partial charge in [-0.3, -0.25) is 4.79 Å². The Morgan fingerprint density at radius 3 is 2.52 bits per heavy atom. The van der Waals surface area contributed by atoms with Gasteiger partial charge in [-0.15, -0.1) is 0 Å². The number of ether oxygens (including phenoxy) is 2. The number of nitrogens with one attached hydrogen (secondary N) is 1. The van der Waals surface area contributed by atoms with Gasteiger partial charge in [-0.2, -0.15) is 0 Å². The average Bonchev–Trinajstić information content (AvgIpc) is 2.57. The van der Waals surface area contributed by atoms with Gasteiger partial charge >= 0.3 is 5.97 Å². The van der Waals surface area contributed by atoms with Crippen molar-refractivity contribution in [2.45, 2.75) is 27.2 Å². The molecule has 0 fully saturated rings. The van der Waals surface area contributed by atoms with Crippen molar-refractivity contribution in [2.24, 2.45) is 0 Å². The summed E-state index contributed by atoms with van der Waals surface area (Å²) in [5, 5.41) is 2.87. The van der Waals surface area contributed by atoms with Crippen LogP contribution in [-0.2, 0) is 16.0 Å². The van der Waals surface area contributed by atoms with Gasteiger partial charge in [-0.1, -0.05) is 18.2 Å². The highest BCUT2D eigenvalue weighted by atomic mass is 16.5. The zero-order valence-corrected chi connectivity index (χ0v) is 15.0. The topological polar surface area (TPSA) is 64.6 Å². The van der Waals surface area contributed by atoms with Gasteiger partial charge in [0.15, 0.2) is 0 Å². The summed E-state index contributed by atoms with van der Waals surface area (Å²) in [6.07, 6.45) is 0.244. The molecule has 25 heavy (non-hydrogen) atoms. The molecule has 0 saturated carbocycles. The third-order valence-electron chi connectivity index (χ3n) is 3.93. The Bertz CT molecular complexity index is 783. The average molecular weight is 341 g/mol. The quantitative estimate of drug-likeness (QED) is 0.814. The second-order valence-electron chi connectivity index (χ2n) is 5.73. The van der Waals surface area contributed by atoms with Crippen molar-refractivity contribution < 1.29 is 19.1 Å². The molecule has 5 nitrogen and oxygen atoms in total. The maximum Gasteiger partial charge on any atom is 0.338 e. The minimum atomic E-state index is -0.387. The molecule has 132 valence electrons. The second-order valence-corrected chi connectivity index (χ2v) is 5.73. The molecule has 0 heterocycles. The molecule has 0 aliphatic rings. The second kappa shape index (κ2) is 8.33. The Hall–Kier alpha value is -2.82. The predicted octanol–water partition coefficient (Wildman–Crippen LogP) is 3.67. The number of carbonyl (C=O) groups is 2. The first-order valence-corrected chi connectivity index (χ1v) is 8.16. The lowest BCUT2D eigenvalue weighted by atomic mass is 10.1. The first-order chi connectivity index (χ1) is 12.0. The molecule has 2 aromatic rings. The van der Waals surface area contributed by atoms with E-state index in [2.05, 4.69) is 5.32 Å². The number of hydrogen-bond acceptors (Lipinski definition) is 4. The van der Waals surface area contributed by atoms with Crippen molar-refractivity contribution in [1.29, 1.82) is 0 Å². The molecule has 0 aliphatic carbocycles. The normalized spacial score (nSPS) is 10.2. The predicted molar refractivity (Wildman–Crippen MR) is 97.2 cm³/mol. The maximum atomic E-state index is 12.3. The van der Waals surface area contributed by atoms with Crippen molar-refractivity contribution in [3.63, 3.8) is 0 Å². The molecule has 0 radical (unpaired) electrons. The van der Waals surface area contributed by atoms with Crippen LogP contribution in [0, 0.1) is 13.8 Å².